The average molecular weight is 203 g/mol. The number of hydrogen-bond acceptors (Lipinski definition) is 1. The SMILES string of the molecule is CN(C)C.ClCCBr. The highest BCUT2D eigenvalue weighted by molar-refractivity contribution is 9.09. The molecule has 0 spiro atoms. The normalized spacial score (nSPS) is 8.25. The standard InChI is InChI=1S/C3H9N.C2H4BrCl/c1-4(2)3;3-1-2-4/h1-3H3;1-2H2. The smallest absolute Gasteiger partial charge is 0.0320 e. The Labute approximate surface area is 65.1 Å². The van der Waals surface area contributed by atoms with Gasteiger partial charge in [-0.15, -0.1) is 11.6 Å². The number of halogens is 2. The van der Waals surface area contributed by atoms with Gasteiger partial charge >= 0.3 is 0 Å². The van der Waals surface area contributed by atoms with Gasteiger partial charge in [-0.3, -0.25) is 0 Å². The topological polar surface area (TPSA) is 3.24 Å². The van der Waals surface area contributed by atoms with Crippen molar-refractivity contribution < 1.29 is 0 Å². The molecule has 0 saturated heterocycles. The Morgan fingerprint density at radius 3 is 1.50 bits per heavy atom. The summed E-state index contributed by atoms with van der Waals surface area (Å²) in [5.74, 6) is 0.708. The van der Waals surface area contributed by atoms with E-state index in [1.165, 1.54) is 0 Å². The molecule has 0 aromatic carbocycles. The molecule has 0 radical (unpaired) electrons. The first-order valence-electron chi connectivity index (χ1n) is 2.38. The molecule has 0 bridgehead atoms. The van der Waals surface area contributed by atoms with E-state index in [0.717, 1.165) is 5.33 Å². The van der Waals surface area contributed by atoms with E-state index in [9.17, 15) is 0 Å². The van der Waals surface area contributed by atoms with Crippen LogP contribution in [0.1, 0.15) is 0 Å². The molecule has 0 rings (SSSR count). The van der Waals surface area contributed by atoms with Crippen molar-refractivity contribution in [1.29, 1.82) is 0 Å². The summed E-state index contributed by atoms with van der Waals surface area (Å²) in [7, 11) is 6.00. The minimum absolute atomic E-state index is 0.708. The van der Waals surface area contributed by atoms with Gasteiger partial charge in [0.2, 0.25) is 0 Å². The summed E-state index contributed by atoms with van der Waals surface area (Å²) >= 11 is 8.26. The Morgan fingerprint density at radius 1 is 1.38 bits per heavy atom. The van der Waals surface area contributed by atoms with Gasteiger partial charge in [0.25, 0.3) is 0 Å². The van der Waals surface area contributed by atoms with Crippen molar-refractivity contribution in [2.45, 2.75) is 0 Å². The van der Waals surface area contributed by atoms with Crippen molar-refractivity contribution in [3.63, 3.8) is 0 Å². The minimum atomic E-state index is 0.708. The Hall–Kier alpha value is 0.730. The van der Waals surface area contributed by atoms with E-state index in [4.69, 9.17) is 11.6 Å². The summed E-state index contributed by atoms with van der Waals surface area (Å²) in [6, 6.07) is 0. The molecule has 8 heavy (non-hydrogen) atoms. The Bertz CT molecular complexity index is 28.9. The summed E-state index contributed by atoms with van der Waals surface area (Å²) in [5.41, 5.74) is 0. The van der Waals surface area contributed by atoms with Crippen LogP contribution < -0.4 is 0 Å². The van der Waals surface area contributed by atoms with Crippen LogP contribution in [0.2, 0.25) is 0 Å². The molecule has 3 heteroatoms. The molecule has 52 valence electrons. The second-order valence-corrected chi connectivity index (χ2v) is 2.89. The van der Waals surface area contributed by atoms with Crippen LogP contribution in [-0.4, -0.2) is 37.3 Å². The maximum absolute atomic E-state index is 5.14. The van der Waals surface area contributed by atoms with Gasteiger partial charge in [0.1, 0.15) is 0 Å². The highest BCUT2D eigenvalue weighted by Crippen LogP contribution is 1.79. The van der Waals surface area contributed by atoms with Crippen LogP contribution in [0.15, 0.2) is 0 Å². The highest BCUT2D eigenvalue weighted by Gasteiger charge is 1.61. The fourth-order valence-corrected chi connectivity index (χ4v) is 0. The maximum Gasteiger partial charge on any atom is 0.0320 e. The zero-order valence-corrected chi connectivity index (χ0v) is 7.96. The van der Waals surface area contributed by atoms with Crippen molar-refractivity contribution in [3.8, 4) is 0 Å². The maximum atomic E-state index is 5.14. The van der Waals surface area contributed by atoms with Crippen LogP contribution >= 0.6 is 27.5 Å². The van der Waals surface area contributed by atoms with E-state index in [1.54, 1.807) is 0 Å². The zero-order chi connectivity index (χ0) is 6.99. The summed E-state index contributed by atoms with van der Waals surface area (Å²) in [4.78, 5) is 2.00. The molecule has 0 fully saturated rings. The Balaban J connectivity index is 0. The first kappa shape index (κ1) is 11.5. The van der Waals surface area contributed by atoms with Crippen LogP contribution in [-0.2, 0) is 0 Å². The molecule has 1 nitrogen and oxygen atoms in total. The number of hydrogen-bond donors (Lipinski definition) is 0. The van der Waals surface area contributed by atoms with Gasteiger partial charge in [-0.2, -0.15) is 0 Å². The lowest BCUT2D eigenvalue weighted by molar-refractivity contribution is 0.505. The van der Waals surface area contributed by atoms with Gasteiger partial charge in [0, 0.05) is 11.2 Å². The van der Waals surface area contributed by atoms with Crippen LogP contribution in [0.3, 0.4) is 0 Å². The molecule has 0 heterocycles. The third kappa shape index (κ3) is 73.8. The zero-order valence-electron chi connectivity index (χ0n) is 5.62. The first-order chi connectivity index (χ1) is 3.65. The molecule has 0 aliphatic carbocycles. The molecule has 0 unspecified atom stereocenters. The van der Waals surface area contributed by atoms with E-state index in [0.29, 0.717) is 5.88 Å². The van der Waals surface area contributed by atoms with Crippen molar-refractivity contribution in [1.82, 2.24) is 4.90 Å². The molecule has 0 aliphatic rings. The fraction of sp³-hybridized carbons (Fsp3) is 1.00. The first-order valence-corrected chi connectivity index (χ1v) is 4.03. The molecule has 0 aromatic rings. The molecule has 0 aliphatic heterocycles. The van der Waals surface area contributed by atoms with Gasteiger partial charge in [-0.25, -0.2) is 0 Å². The molecule has 0 N–H and O–H groups in total. The van der Waals surface area contributed by atoms with E-state index in [-0.39, 0.29) is 0 Å². The van der Waals surface area contributed by atoms with E-state index < -0.39 is 0 Å². The van der Waals surface area contributed by atoms with E-state index in [1.807, 2.05) is 26.0 Å². The summed E-state index contributed by atoms with van der Waals surface area (Å²) in [5, 5.41) is 0.897. The van der Waals surface area contributed by atoms with Crippen molar-refractivity contribution in [2.24, 2.45) is 0 Å². The molecule has 0 saturated carbocycles. The van der Waals surface area contributed by atoms with Crippen molar-refractivity contribution in [2.75, 3.05) is 32.4 Å². The second-order valence-electron chi connectivity index (χ2n) is 1.72. The molecule has 0 atom stereocenters. The quantitative estimate of drug-likeness (QED) is 0.586. The summed E-state index contributed by atoms with van der Waals surface area (Å²) in [6.45, 7) is 0. The van der Waals surface area contributed by atoms with Gasteiger partial charge in [-0.1, -0.05) is 15.9 Å². The van der Waals surface area contributed by atoms with Gasteiger partial charge in [0.15, 0.2) is 0 Å². The highest BCUT2D eigenvalue weighted by atomic mass is 79.9. The monoisotopic (exact) mass is 201 g/mol. The third-order valence-corrected chi connectivity index (χ3v) is 1.11. The predicted octanol–water partition coefficient (Wildman–Crippen LogP) is 1.80. The number of rotatable bonds is 1. The van der Waals surface area contributed by atoms with Crippen molar-refractivity contribution >= 4 is 27.5 Å². The van der Waals surface area contributed by atoms with E-state index in [2.05, 4.69) is 15.9 Å². The lowest BCUT2D eigenvalue weighted by atomic mass is 11.0. The number of nitrogens with zero attached hydrogens (tertiary/aromatic N) is 1. The largest absolute Gasteiger partial charge is 0.312 e. The second kappa shape index (κ2) is 10.7. The van der Waals surface area contributed by atoms with Crippen LogP contribution in [0, 0.1) is 0 Å². The molecular weight excluding hydrogens is 189 g/mol. The molecule has 0 amide bonds. The predicted molar refractivity (Wildman–Crippen MR) is 44.1 cm³/mol. The minimum Gasteiger partial charge on any atom is -0.312 e. The molecule has 0 aromatic heterocycles. The van der Waals surface area contributed by atoms with E-state index >= 15 is 0 Å². The fourth-order valence-electron chi connectivity index (χ4n) is 0. The lowest BCUT2D eigenvalue weighted by Crippen LogP contribution is -1.99. The summed E-state index contributed by atoms with van der Waals surface area (Å²) in [6.07, 6.45) is 0. The van der Waals surface area contributed by atoms with Gasteiger partial charge in [0.05, 0.1) is 0 Å². The van der Waals surface area contributed by atoms with Crippen LogP contribution in [0.25, 0.3) is 0 Å². The average Bonchev–Trinajstić information content (AvgIpc) is 1.65. The third-order valence-electron chi connectivity index (χ3n) is 0.0714. The Morgan fingerprint density at radius 2 is 1.50 bits per heavy atom. The summed E-state index contributed by atoms with van der Waals surface area (Å²) < 4.78 is 0. The van der Waals surface area contributed by atoms with Crippen LogP contribution in [0.4, 0.5) is 0 Å². The van der Waals surface area contributed by atoms with Crippen molar-refractivity contribution in [3.05, 3.63) is 0 Å². The van der Waals surface area contributed by atoms with Crippen LogP contribution in [0.5, 0.6) is 0 Å². The lowest BCUT2D eigenvalue weighted by Gasteiger charge is -1.90. The molecular formula is C5H13BrClN. The van der Waals surface area contributed by atoms with Gasteiger partial charge < -0.3 is 4.90 Å². The number of alkyl halides is 2. The van der Waals surface area contributed by atoms with Gasteiger partial charge in [-0.05, 0) is 21.1 Å². The Kier molecular flexibility index (Phi) is 15.4.